The molecule has 0 aromatic rings. The van der Waals surface area contributed by atoms with Gasteiger partial charge >= 0.3 is 0 Å². The molecule has 29 heavy (non-hydrogen) atoms. The van der Waals surface area contributed by atoms with Crippen LogP contribution < -0.4 is 10.6 Å². The van der Waals surface area contributed by atoms with Gasteiger partial charge in [-0.1, -0.05) is 18.6 Å². The fourth-order valence-corrected chi connectivity index (χ4v) is 5.60. The summed E-state index contributed by atoms with van der Waals surface area (Å²) >= 11 is 0. The molecule has 2 heterocycles. The van der Waals surface area contributed by atoms with E-state index >= 15 is 0 Å². The molecule has 0 aromatic heterocycles. The smallest absolute Gasteiger partial charge is 0.233 e. The number of allylic oxidation sites excluding steroid dienone is 2. The topological polar surface area (TPSA) is 77.0 Å². The van der Waals surface area contributed by atoms with Gasteiger partial charge in [-0.05, 0) is 58.0 Å². The van der Waals surface area contributed by atoms with Crippen LogP contribution in [0.5, 0.6) is 0 Å². The Kier molecular flexibility index (Phi) is 5.69. The van der Waals surface area contributed by atoms with Crippen molar-refractivity contribution in [1.82, 2.24) is 20.4 Å². The van der Waals surface area contributed by atoms with E-state index in [1.165, 1.54) is 24.2 Å². The van der Waals surface area contributed by atoms with Crippen molar-refractivity contribution < 1.29 is 9.59 Å². The van der Waals surface area contributed by atoms with E-state index in [-0.39, 0.29) is 41.0 Å². The number of nitrogens with one attached hydrogen (secondary N) is 2. The number of fused-ring (bicyclic) bond motifs is 5. The molecule has 2 amide bonds. The van der Waals surface area contributed by atoms with Crippen LogP contribution >= 0.6 is 0 Å². The number of carbonyl (C=O) groups excluding carboxylic acids is 2. The van der Waals surface area contributed by atoms with E-state index in [0.717, 1.165) is 32.0 Å². The molecule has 4 unspecified atom stereocenters. The van der Waals surface area contributed by atoms with Crippen LogP contribution in [-0.4, -0.2) is 72.9 Å². The Labute approximate surface area is 174 Å². The number of amides is 2. The summed E-state index contributed by atoms with van der Waals surface area (Å²) in [5.74, 6) is 1.08. The lowest BCUT2D eigenvalue weighted by Crippen LogP contribution is -2.55. The number of aliphatic imine (C=N–C) groups is 1. The second-order valence-corrected chi connectivity index (χ2v) is 9.54. The molecule has 4 atom stereocenters. The van der Waals surface area contributed by atoms with Crippen LogP contribution in [0.25, 0.3) is 0 Å². The van der Waals surface area contributed by atoms with Gasteiger partial charge in [0.25, 0.3) is 0 Å². The number of guanidine groups is 1. The third-order valence-corrected chi connectivity index (χ3v) is 7.31. The first-order valence-corrected chi connectivity index (χ1v) is 11.2. The highest BCUT2D eigenvalue weighted by atomic mass is 16.2. The summed E-state index contributed by atoms with van der Waals surface area (Å²) in [5.41, 5.74) is 0.0582. The van der Waals surface area contributed by atoms with Gasteiger partial charge in [-0.3, -0.25) is 24.4 Å². The monoisotopic (exact) mass is 401 g/mol. The first kappa shape index (κ1) is 20.4. The van der Waals surface area contributed by atoms with Gasteiger partial charge in [0.05, 0.1) is 11.8 Å². The lowest BCUT2D eigenvalue weighted by molar-refractivity contribution is -0.140. The molecule has 2 N–H and O–H groups in total. The number of carbonyl (C=O) groups is 2. The quantitative estimate of drug-likeness (QED) is 0.303. The van der Waals surface area contributed by atoms with Crippen molar-refractivity contribution in [2.45, 2.75) is 45.1 Å². The van der Waals surface area contributed by atoms with E-state index in [9.17, 15) is 9.59 Å². The average Bonchev–Trinajstić information content (AvgIpc) is 3.40. The lowest BCUT2D eigenvalue weighted by atomic mass is 9.85. The number of hydrogen-bond acceptors (Lipinski definition) is 4. The van der Waals surface area contributed by atoms with Crippen LogP contribution in [-0.2, 0) is 9.59 Å². The maximum absolute atomic E-state index is 12.8. The van der Waals surface area contributed by atoms with Crippen molar-refractivity contribution in [3.8, 4) is 0 Å². The SMILES string of the molecule is CN=C(NCCN1C(=O)C2C3C=CC(C3)C2C1=O)NCC(C)(C)N1CCCCC1. The van der Waals surface area contributed by atoms with E-state index in [1.807, 2.05) is 0 Å². The molecule has 2 saturated heterocycles. The van der Waals surface area contributed by atoms with E-state index in [0.29, 0.717) is 13.1 Å². The van der Waals surface area contributed by atoms with Gasteiger partial charge in [0.15, 0.2) is 5.96 Å². The second kappa shape index (κ2) is 8.09. The molecule has 4 aliphatic rings. The number of imide groups is 1. The van der Waals surface area contributed by atoms with Crippen LogP contribution in [0.3, 0.4) is 0 Å². The Morgan fingerprint density at radius 3 is 2.28 bits per heavy atom. The van der Waals surface area contributed by atoms with Crippen LogP contribution in [0.4, 0.5) is 0 Å². The van der Waals surface area contributed by atoms with Crippen LogP contribution in [0, 0.1) is 23.7 Å². The number of likely N-dealkylation sites (tertiary alicyclic amines) is 2. The summed E-state index contributed by atoms with van der Waals surface area (Å²) in [7, 11) is 1.75. The summed E-state index contributed by atoms with van der Waals surface area (Å²) in [6.45, 7) is 8.55. The van der Waals surface area contributed by atoms with E-state index in [4.69, 9.17) is 0 Å². The van der Waals surface area contributed by atoms with Crippen molar-refractivity contribution >= 4 is 17.8 Å². The molecule has 7 nitrogen and oxygen atoms in total. The summed E-state index contributed by atoms with van der Waals surface area (Å²) in [6.07, 6.45) is 9.11. The van der Waals surface area contributed by atoms with Crippen LogP contribution in [0.15, 0.2) is 17.1 Å². The minimum atomic E-state index is -0.111. The minimum Gasteiger partial charge on any atom is -0.355 e. The molecular formula is C22H35N5O2. The Hall–Kier alpha value is -1.89. The molecule has 7 heteroatoms. The molecule has 0 radical (unpaired) electrons. The zero-order valence-electron chi connectivity index (χ0n) is 18.0. The van der Waals surface area contributed by atoms with E-state index < -0.39 is 0 Å². The fraction of sp³-hybridized carbons (Fsp3) is 0.773. The van der Waals surface area contributed by atoms with Crippen molar-refractivity contribution in [3.05, 3.63) is 12.2 Å². The molecular weight excluding hydrogens is 366 g/mol. The average molecular weight is 402 g/mol. The highest BCUT2D eigenvalue weighted by Crippen LogP contribution is 2.52. The first-order chi connectivity index (χ1) is 13.9. The Balaban J connectivity index is 1.24. The zero-order valence-corrected chi connectivity index (χ0v) is 18.0. The normalized spacial score (nSPS) is 32.2. The third-order valence-electron chi connectivity index (χ3n) is 7.31. The summed E-state index contributed by atoms with van der Waals surface area (Å²) in [5, 5.41) is 6.69. The molecule has 2 aliphatic heterocycles. The Morgan fingerprint density at radius 2 is 1.69 bits per heavy atom. The van der Waals surface area contributed by atoms with Crippen molar-refractivity contribution in [1.29, 1.82) is 0 Å². The predicted molar refractivity (Wildman–Crippen MR) is 113 cm³/mol. The van der Waals surface area contributed by atoms with E-state index in [1.54, 1.807) is 7.05 Å². The molecule has 3 fully saturated rings. The highest BCUT2D eigenvalue weighted by Gasteiger charge is 2.58. The predicted octanol–water partition coefficient (Wildman–Crippen LogP) is 1.22. The molecule has 0 spiro atoms. The minimum absolute atomic E-state index is 0.0211. The lowest BCUT2D eigenvalue weighted by Gasteiger charge is -2.41. The van der Waals surface area contributed by atoms with Gasteiger partial charge < -0.3 is 10.6 Å². The van der Waals surface area contributed by atoms with Gasteiger partial charge in [-0.25, -0.2) is 0 Å². The molecule has 160 valence electrons. The van der Waals surface area contributed by atoms with Crippen molar-refractivity contribution in [2.75, 3.05) is 39.8 Å². The first-order valence-electron chi connectivity index (χ1n) is 11.2. The molecule has 2 aliphatic carbocycles. The van der Waals surface area contributed by atoms with Crippen LogP contribution in [0.2, 0.25) is 0 Å². The highest BCUT2D eigenvalue weighted by molar-refractivity contribution is 6.06. The molecule has 1 saturated carbocycles. The maximum Gasteiger partial charge on any atom is 0.233 e. The largest absolute Gasteiger partial charge is 0.355 e. The van der Waals surface area contributed by atoms with Gasteiger partial charge in [0.1, 0.15) is 0 Å². The Bertz CT molecular complexity index is 680. The zero-order chi connectivity index (χ0) is 20.6. The Morgan fingerprint density at radius 1 is 1.07 bits per heavy atom. The summed E-state index contributed by atoms with van der Waals surface area (Å²) < 4.78 is 0. The van der Waals surface area contributed by atoms with Crippen molar-refractivity contribution in [2.24, 2.45) is 28.7 Å². The van der Waals surface area contributed by atoms with Gasteiger partial charge in [-0.15, -0.1) is 0 Å². The molecule has 4 rings (SSSR count). The second-order valence-electron chi connectivity index (χ2n) is 9.54. The fourth-order valence-electron chi connectivity index (χ4n) is 5.60. The molecule has 2 bridgehead atoms. The molecule has 0 aromatic carbocycles. The number of piperidine rings is 1. The summed E-state index contributed by atoms with van der Waals surface area (Å²) in [4.78, 5) is 33.8. The van der Waals surface area contributed by atoms with E-state index in [2.05, 4.69) is 46.5 Å². The summed E-state index contributed by atoms with van der Waals surface area (Å²) in [6, 6.07) is 0. The number of rotatable bonds is 6. The number of nitrogens with zero attached hydrogens (tertiary/aromatic N) is 3. The number of hydrogen-bond donors (Lipinski definition) is 2. The standard InChI is InChI=1S/C22H35N5O2/c1-22(2,26-10-5-4-6-11-26)14-25-21(23-3)24-9-12-27-19(28)17-15-7-8-16(13-15)18(17)20(27)29/h7-8,15-18H,4-6,9-14H2,1-3H3,(H2,23,24,25). The van der Waals surface area contributed by atoms with Gasteiger partial charge in [-0.2, -0.15) is 0 Å². The third kappa shape index (κ3) is 3.81. The van der Waals surface area contributed by atoms with Crippen molar-refractivity contribution in [3.63, 3.8) is 0 Å². The van der Waals surface area contributed by atoms with Gasteiger partial charge in [0, 0.05) is 32.2 Å². The maximum atomic E-state index is 12.8. The van der Waals surface area contributed by atoms with Gasteiger partial charge in [0.2, 0.25) is 11.8 Å². The van der Waals surface area contributed by atoms with Crippen LogP contribution in [0.1, 0.15) is 39.5 Å².